The van der Waals surface area contributed by atoms with E-state index < -0.39 is 0 Å². The Hall–Kier alpha value is -2.94. The second-order valence-corrected chi connectivity index (χ2v) is 9.84. The van der Waals surface area contributed by atoms with Crippen molar-refractivity contribution >= 4 is 34.3 Å². The first kappa shape index (κ1) is 23.8. The van der Waals surface area contributed by atoms with Crippen molar-refractivity contribution in [2.45, 2.75) is 20.3 Å². The lowest BCUT2D eigenvalue weighted by Crippen LogP contribution is -2.38. The van der Waals surface area contributed by atoms with Gasteiger partial charge in [-0.3, -0.25) is 4.79 Å². The summed E-state index contributed by atoms with van der Waals surface area (Å²) in [6.45, 7) is 10.2. The summed E-state index contributed by atoms with van der Waals surface area (Å²) in [5.74, 6) is -0.120. The van der Waals surface area contributed by atoms with Gasteiger partial charge in [-0.05, 0) is 37.1 Å². The third-order valence-electron chi connectivity index (χ3n) is 6.57. The van der Waals surface area contributed by atoms with E-state index in [-0.39, 0.29) is 5.91 Å². The molecule has 2 fully saturated rings. The first-order valence-electron chi connectivity index (χ1n) is 12.3. The van der Waals surface area contributed by atoms with Gasteiger partial charge in [-0.1, -0.05) is 31.2 Å². The molecule has 0 atom stereocenters. The monoisotopic (exact) mass is 492 g/mol. The molecule has 0 bridgehead atoms. The number of aryl methyl sites for hydroxylation is 2. The van der Waals surface area contributed by atoms with Gasteiger partial charge >= 0.3 is 0 Å². The van der Waals surface area contributed by atoms with Crippen LogP contribution in [-0.4, -0.2) is 63.5 Å². The molecular formula is C27H32N4O3S. The molecule has 2 aliphatic rings. The number of anilines is 3. The number of carbonyl (C=O) groups is 1. The Morgan fingerprint density at radius 2 is 1.63 bits per heavy atom. The van der Waals surface area contributed by atoms with E-state index in [9.17, 15) is 4.79 Å². The van der Waals surface area contributed by atoms with Crippen LogP contribution >= 0.6 is 11.3 Å². The van der Waals surface area contributed by atoms with E-state index >= 15 is 0 Å². The zero-order valence-corrected chi connectivity index (χ0v) is 21.2. The van der Waals surface area contributed by atoms with Crippen molar-refractivity contribution in [2.75, 3.05) is 67.7 Å². The zero-order chi connectivity index (χ0) is 24.2. The highest BCUT2D eigenvalue weighted by Gasteiger charge is 2.22. The molecule has 0 aliphatic carbocycles. The summed E-state index contributed by atoms with van der Waals surface area (Å²) in [6, 6.07) is 14.7. The number of aromatic nitrogens is 1. The topological polar surface area (TPSA) is 66.9 Å². The summed E-state index contributed by atoms with van der Waals surface area (Å²) in [5.41, 5.74) is 6.08. The van der Waals surface area contributed by atoms with Crippen molar-refractivity contribution < 1.29 is 14.3 Å². The Morgan fingerprint density at radius 3 is 2.29 bits per heavy atom. The molecule has 2 aromatic carbocycles. The second-order valence-electron chi connectivity index (χ2n) is 8.84. The van der Waals surface area contributed by atoms with Gasteiger partial charge < -0.3 is 24.6 Å². The molecule has 3 aromatic rings. The predicted octanol–water partition coefficient (Wildman–Crippen LogP) is 4.61. The minimum absolute atomic E-state index is 0.120. The maximum Gasteiger partial charge on any atom is 0.267 e. The fourth-order valence-electron chi connectivity index (χ4n) is 4.50. The van der Waals surface area contributed by atoms with E-state index in [1.54, 1.807) is 0 Å². The number of nitrogens with one attached hydrogen (secondary N) is 1. The number of rotatable bonds is 6. The van der Waals surface area contributed by atoms with Crippen LogP contribution in [0.5, 0.6) is 0 Å². The van der Waals surface area contributed by atoms with Crippen LogP contribution in [-0.2, 0) is 15.9 Å². The number of nitrogens with zero attached hydrogens (tertiary/aromatic N) is 3. The lowest BCUT2D eigenvalue weighted by molar-refractivity contribution is 0.102. The quantitative estimate of drug-likeness (QED) is 0.542. The average molecular weight is 493 g/mol. The normalized spacial score (nSPS) is 16.4. The van der Waals surface area contributed by atoms with Crippen LogP contribution in [0.25, 0.3) is 10.6 Å². The van der Waals surface area contributed by atoms with Gasteiger partial charge in [0, 0.05) is 37.4 Å². The highest BCUT2D eigenvalue weighted by atomic mass is 32.1. The maximum atomic E-state index is 13.4. The number of hydrogen-bond acceptors (Lipinski definition) is 7. The van der Waals surface area contributed by atoms with Gasteiger partial charge in [0.2, 0.25) is 0 Å². The molecule has 5 rings (SSSR count). The van der Waals surface area contributed by atoms with Gasteiger partial charge in [0.1, 0.15) is 9.88 Å². The molecule has 8 heteroatoms. The zero-order valence-electron chi connectivity index (χ0n) is 20.4. The molecule has 2 aliphatic heterocycles. The maximum absolute atomic E-state index is 13.4. The van der Waals surface area contributed by atoms with Gasteiger partial charge in [-0.15, -0.1) is 11.3 Å². The van der Waals surface area contributed by atoms with Gasteiger partial charge in [0.05, 0.1) is 43.5 Å². The van der Waals surface area contributed by atoms with Crippen molar-refractivity contribution in [3.05, 3.63) is 58.6 Å². The minimum atomic E-state index is -0.120. The van der Waals surface area contributed by atoms with Gasteiger partial charge in [-0.25, -0.2) is 4.98 Å². The second kappa shape index (κ2) is 10.8. The molecule has 7 nitrogen and oxygen atoms in total. The van der Waals surface area contributed by atoms with Crippen LogP contribution < -0.4 is 15.1 Å². The predicted molar refractivity (Wildman–Crippen MR) is 142 cm³/mol. The highest BCUT2D eigenvalue weighted by molar-refractivity contribution is 7.17. The van der Waals surface area contributed by atoms with Crippen molar-refractivity contribution in [3.8, 4) is 10.6 Å². The molecule has 3 heterocycles. The van der Waals surface area contributed by atoms with Crippen molar-refractivity contribution in [3.63, 3.8) is 0 Å². The van der Waals surface area contributed by atoms with E-state index in [1.165, 1.54) is 16.9 Å². The van der Waals surface area contributed by atoms with Crippen LogP contribution in [0.2, 0.25) is 0 Å². The molecule has 0 saturated carbocycles. The summed E-state index contributed by atoms with van der Waals surface area (Å²) in [6.07, 6.45) is 1.00. The number of ether oxygens (including phenoxy) is 2. The Bertz CT molecular complexity index is 1170. The van der Waals surface area contributed by atoms with Gasteiger partial charge in [-0.2, -0.15) is 0 Å². The third kappa shape index (κ3) is 5.34. The third-order valence-corrected chi connectivity index (χ3v) is 7.77. The number of hydrogen-bond donors (Lipinski definition) is 1. The largest absolute Gasteiger partial charge is 0.378 e. The smallest absolute Gasteiger partial charge is 0.267 e. The number of benzene rings is 2. The summed E-state index contributed by atoms with van der Waals surface area (Å²) >= 11 is 1.44. The minimum Gasteiger partial charge on any atom is -0.378 e. The van der Waals surface area contributed by atoms with E-state index in [1.807, 2.05) is 13.0 Å². The standard InChI is InChI=1S/C27H32N4O3S/c1-3-20-4-6-21(7-5-20)27-28-19(2)25(35-27)26(32)29-23-9-8-22(30-10-14-33-15-11-30)18-24(23)31-12-16-34-17-13-31/h4-9,18H,3,10-17H2,1-2H3,(H,29,32). The lowest BCUT2D eigenvalue weighted by atomic mass is 10.1. The fourth-order valence-corrected chi connectivity index (χ4v) is 5.47. The molecule has 0 radical (unpaired) electrons. The molecule has 0 spiro atoms. The van der Waals surface area contributed by atoms with Crippen LogP contribution in [0.15, 0.2) is 42.5 Å². The van der Waals surface area contributed by atoms with E-state index in [0.29, 0.717) is 18.1 Å². The van der Waals surface area contributed by atoms with Crippen LogP contribution in [0.4, 0.5) is 17.1 Å². The van der Waals surface area contributed by atoms with E-state index in [0.717, 1.165) is 79.1 Å². The first-order valence-corrected chi connectivity index (χ1v) is 13.1. The van der Waals surface area contributed by atoms with Crippen molar-refractivity contribution in [1.29, 1.82) is 0 Å². The van der Waals surface area contributed by atoms with Crippen LogP contribution in [0.1, 0.15) is 27.9 Å². The Morgan fingerprint density at radius 1 is 0.971 bits per heavy atom. The molecule has 35 heavy (non-hydrogen) atoms. The SMILES string of the molecule is CCc1ccc(-c2nc(C)c(C(=O)Nc3ccc(N4CCOCC4)cc3N3CCOCC3)s2)cc1. The Balaban J connectivity index is 1.40. The van der Waals surface area contributed by atoms with E-state index in [4.69, 9.17) is 14.5 Å². The molecule has 1 N–H and O–H groups in total. The summed E-state index contributed by atoms with van der Waals surface area (Å²) in [4.78, 5) is 23.4. The van der Waals surface area contributed by atoms with Crippen LogP contribution in [0.3, 0.4) is 0 Å². The number of thiazole rings is 1. The lowest BCUT2D eigenvalue weighted by Gasteiger charge is -2.33. The molecule has 2 saturated heterocycles. The molecular weight excluding hydrogens is 460 g/mol. The number of carbonyl (C=O) groups excluding carboxylic acids is 1. The molecule has 1 amide bonds. The summed E-state index contributed by atoms with van der Waals surface area (Å²) < 4.78 is 11.1. The number of amides is 1. The van der Waals surface area contributed by atoms with Crippen molar-refractivity contribution in [2.24, 2.45) is 0 Å². The Labute approximate surface area is 210 Å². The highest BCUT2D eigenvalue weighted by Crippen LogP contribution is 2.34. The molecule has 184 valence electrons. The van der Waals surface area contributed by atoms with Crippen molar-refractivity contribution in [1.82, 2.24) is 4.98 Å². The van der Waals surface area contributed by atoms with E-state index in [2.05, 4.69) is 58.4 Å². The Kier molecular flexibility index (Phi) is 7.32. The van der Waals surface area contributed by atoms with Gasteiger partial charge in [0.25, 0.3) is 5.91 Å². The van der Waals surface area contributed by atoms with Crippen LogP contribution in [0, 0.1) is 6.92 Å². The molecule has 0 unspecified atom stereocenters. The average Bonchev–Trinajstić information content (AvgIpc) is 3.31. The first-order chi connectivity index (χ1) is 17.1. The number of morpholine rings is 2. The summed E-state index contributed by atoms with van der Waals surface area (Å²) in [5, 5.41) is 4.05. The van der Waals surface area contributed by atoms with Gasteiger partial charge in [0.15, 0.2) is 0 Å². The molecule has 1 aromatic heterocycles. The summed E-state index contributed by atoms with van der Waals surface area (Å²) in [7, 11) is 0. The fraction of sp³-hybridized carbons (Fsp3) is 0.407.